The Hall–Kier alpha value is -1.45. The van der Waals surface area contributed by atoms with Crippen molar-refractivity contribution in [3.63, 3.8) is 0 Å². The lowest BCUT2D eigenvalue weighted by atomic mass is 10.2. The Morgan fingerprint density at radius 1 is 1.25 bits per heavy atom. The minimum Gasteiger partial charge on any atom is -0.288 e. The highest BCUT2D eigenvalue weighted by Gasteiger charge is 2.20. The predicted octanol–water partition coefficient (Wildman–Crippen LogP) is 3.42. The van der Waals surface area contributed by atoms with Gasteiger partial charge < -0.3 is 0 Å². The molecule has 0 atom stereocenters. The van der Waals surface area contributed by atoms with Crippen molar-refractivity contribution in [3.05, 3.63) is 56.9 Å². The van der Waals surface area contributed by atoms with E-state index in [0.717, 1.165) is 22.7 Å². The van der Waals surface area contributed by atoms with Crippen molar-refractivity contribution in [1.29, 1.82) is 0 Å². The first kappa shape index (κ1) is 17.4. The Bertz CT molecular complexity index is 982. The molecule has 0 saturated heterocycles. The average Bonchev–Trinajstić information content (AvgIpc) is 3.11. The summed E-state index contributed by atoms with van der Waals surface area (Å²) in [5.74, 6) is 1.46. The molecule has 0 fully saturated rings. The lowest BCUT2D eigenvalue weighted by Gasteiger charge is -2.08. The summed E-state index contributed by atoms with van der Waals surface area (Å²) in [5.41, 5.74) is 0.758. The van der Waals surface area contributed by atoms with Crippen LogP contribution in [0.5, 0.6) is 0 Å². The van der Waals surface area contributed by atoms with E-state index in [1.165, 1.54) is 6.07 Å². The maximum absolute atomic E-state index is 12.3. The zero-order valence-electron chi connectivity index (χ0n) is 12.4. The number of aromatic nitrogens is 3. The molecule has 0 saturated carbocycles. The fourth-order valence-electron chi connectivity index (χ4n) is 2.09. The largest absolute Gasteiger partial charge is 0.288 e. The van der Waals surface area contributed by atoms with E-state index in [2.05, 4.69) is 14.7 Å². The molecule has 1 N–H and O–H groups in total. The van der Waals surface area contributed by atoms with Crippen molar-refractivity contribution in [2.24, 2.45) is 0 Å². The van der Waals surface area contributed by atoms with Gasteiger partial charge in [-0.25, -0.2) is 23.1 Å². The minimum atomic E-state index is -3.74. The second kappa shape index (κ2) is 6.81. The van der Waals surface area contributed by atoms with Crippen LogP contribution in [0.2, 0.25) is 8.67 Å². The summed E-state index contributed by atoms with van der Waals surface area (Å²) in [5, 5.41) is 0. The van der Waals surface area contributed by atoms with Crippen LogP contribution in [0.25, 0.3) is 5.82 Å². The molecule has 6 nitrogen and oxygen atoms in total. The van der Waals surface area contributed by atoms with Crippen LogP contribution in [-0.2, 0) is 16.6 Å². The van der Waals surface area contributed by atoms with Crippen molar-refractivity contribution in [2.45, 2.75) is 18.4 Å². The van der Waals surface area contributed by atoms with Crippen molar-refractivity contribution >= 4 is 44.6 Å². The van der Waals surface area contributed by atoms with Gasteiger partial charge in [-0.3, -0.25) is 4.57 Å². The second-order valence-electron chi connectivity index (χ2n) is 4.88. The van der Waals surface area contributed by atoms with Crippen LogP contribution in [-0.4, -0.2) is 23.0 Å². The maximum atomic E-state index is 12.3. The molecule has 0 aromatic carbocycles. The Morgan fingerprint density at radius 3 is 2.67 bits per heavy atom. The van der Waals surface area contributed by atoms with Gasteiger partial charge in [0, 0.05) is 25.1 Å². The number of nitrogens with one attached hydrogen (secondary N) is 1. The molecule has 126 valence electrons. The Labute approximate surface area is 153 Å². The number of nitrogens with zero attached hydrogens (tertiary/aromatic N) is 3. The molecule has 0 spiro atoms. The number of aryl methyl sites for hydroxylation is 1. The fourth-order valence-corrected chi connectivity index (χ4v) is 5.25. The van der Waals surface area contributed by atoms with Gasteiger partial charge in [0.05, 0.1) is 4.34 Å². The Kier molecular flexibility index (Phi) is 4.93. The quantitative estimate of drug-likeness (QED) is 0.708. The van der Waals surface area contributed by atoms with Crippen molar-refractivity contribution in [3.8, 4) is 5.82 Å². The summed E-state index contributed by atoms with van der Waals surface area (Å²) in [6.07, 6.45) is 5.08. The van der Waals surface area contributed by atoms with Gasteiger partial charge in [-0.2, -0.15) is 0 Å². The van der Waals surface area contributed by atoms with Gasteiger partial charge in [0.2, 0.25) is 10.0 Å². The monoisotopic (exact) mass is 402 g/mol. The molecule has 3 rings (SSSR count). The standard InChI is InChI=1S/C14H12Cl2N4O2S2/c1-9-17-4-5-20(9)13-6-10(2-3-18-13)8-19-24(21,22)11-7-12(15)23-14(11)16/h2-7,19H,8H2,1H3. The smallest absolute Gasteiger partial charge is 0.243 e. The van der Waals surface area contributed by atoms with Crippen LogP contribution in [0.3, 0.4) is 0 Å². The zero-order chi connectivity index (χ0) is 17.3. The van der Waals surface area contributed by atoms with E-state index in [1.807, 2.05) is 11.5 Å². The van der Waals surface area contributed by atoms with Crippen LogP contribution in [0, 0.1) is 6.92 Å². The first-order valence-electron chi connectivity index (χ1n) is 6.76. The second-order valence-corrected chi connectivity index (χ2v) is 8.90. The summed E-state index contributed by atoms with van der Waals surface area (Å²) in [6.45, 7) is 1.97. The van der Waals surface area contributed by atoms with E-state index in [9.17, 15) is 8.42 Å². The topological polar surface area (TPSA) is 76.9 Å². The molecule has 10 heteroatoms. The number of sulfonamides is 1. The van der Waals surface area contributed by atoms with Gasteiger partial charge in [-0.1, -0.05) is 23.2 Å². The highest BCUT2D eigenvalue weighted by Crippen LogP contribution is 2.34. The molecular weight excluding hydrogens is 391 g/mol. The van der Waals surface area contributed by atoms with E-state index in [4.69, 9.17) is 23.2 Å². The number of imidazole rings is 1. The molecule has 24 heavy (non-hydrogen) atoms. The number of thiophene rings is 1. The van der Waals surface area contributed by atoms with E-state index in [-0.39, 0.29) is 15.8 Å². The zero-order valence-corrected chi connectivity index (χ0v) is 15.5. The molecule has 0 aliphatic carbocycles. The van der Waals surface area contributed by atoms with Gasteiger partial charge in [-0.15, -0.1) is 11.3 Å². The molecule has 0 aliphatic heterocycles. The molecule has 0 amide bonds. The lowest BCUT2D eigenvalue weighted by Crippen LogP contribution is -2.23. The number of rotatable bonds is 5. The summed E-state index contributed by atoms with van der Waals surface area (Å²) in [7, 11) is -3.74. The molecule has 0 aliphatic rings. The van der Waals surface area contributed by atoms with Crippen molar-refractivity contribution in [2.75, 3.05) is 0 Å². The van der Waals surface area contributed by atoms with Crippen LogP contribution in [0.1, 0.15) is 11.4 Å². The Balaban J connectivity index is 1.80. The normalized spacial score (nSPS) is 11.8. The third-order valence-corrected chi connectivity index (χ3v) is 6.42. The molecule has 0 unspecified atom stereocenters. The first-order chi connectivity index (χ1) is 11.4. The van der Waals surface area contributed by atoms with Crippen molar-refractivity contribution < 1.29 is 8.42 Å². The summed E-state index contributed by atoms with van der Waals surface area (Å²) < 4.78 is 29.4. The average molecular weight is 403 g/mol. The van der Waals surface area contributed by atoms with Crippen LogP contribution in [0.4, 0.5) is 0 Å². The minimum absolute atomic E-state index is 0.0149. The van der Waals surface area contributed by atoms with Gasteiger partial charge in [0.1, 0.15) is 20.9 Å². The molecular formula is C14H12Cl2N4O2S2. The van der Waals surface area contributed by atoms with E-state index < -0.39 is 10.0 Å². The van der Waals surface area contributed by atoms with Gasteiger partial charge in [0.15, 0.2) is 0 Å². The van der Waals surface area contributed by atoms with Crippen molar-refractivity contribution in [1.82, 2.24) is 19.3 Å². The fraction of sp³-hybridized carbons (Fsp3) is 0.143. The van der Waals surface area contributed by atoms with Crippen LogP contribution >= 0.6 is 34.5 Å². The van der Waals surface area contributed by atoms with E-state index in [1.54, 1.807) is 30.7 Å². The van der Waals surface area contributed by atoms with E-state index in [0.29, 0.717) is 10.2 Å². The molecule has 0 radical (unpaired) electrons. The van der Waals surface area contributed by atoms with Gasteiger partial charge >= 0.3 is 0 Å². The summed E-state index contributed by atoms with van der Waals surface area (Å²) in [4.78, 5) is 8.40. The predicted molar refractivity (Wildman–Crippen MR) is 94.5 cm³/mol. The van der Waals surface area contributed by atoms with E-state index >= 15 is 0 Å². The SMILES string of the molecule is Cc1nccn1-c1cc(CNS(=O)(=O)c2cc(Cl)sc2Cl)ccn1. The maximum Gasteiger partial charge on any atom is 0.243 e. The number of hydrogen-bond donors (Lipinski definition) is 1. The van der Waals surface area contributed by atoms with Crippen LogP contribution in [0.15, 0.2) is 41.7 Å². The van der Waals surface area contributed by atoms with Gasteiger partial charge in [0.25, 0.3) is 0 Å². The highest BCUT2D eigenvalue weighted by atomic mass is 35.5. The number of hydrogen-bond acceptors (Lipinski definition) is 5. The molecule has 3 aromatic heterocycles. The summed E-state index contributed by atoms with van der Waals surface area (Å²) >= 11 is 12.7. The highest BCUT2D eigenvalue weighted by molar-refractivity contribution is 7.89. The first-order valence-corrected chi connectivity index (χ1v) is 9.82. The third-order valence-electron chi connectivity index (χ3n) is 3.26. The summed E-state index contributed by atoms with van der Waals surface area (Å²) in [6, 6.07) is 4.86. The third kappa shape index (κ3) is 3.62. The van der Waals surface area contributed by atoms with Gasteiger partial charge in [-0.05, 0) is 30.7 Å². The molecule has 0 bridgehead atoms. The number of pyridine rings is 1. The lowest BCUT2D eigenvalue weighted by molar-refractivity contribution is 0.581. The Morgan fingerprint density at radius 2 is 2.04 bits per heavy atom. The molecule has 3 heterocycles. The number of halogens is 2. The van der Waals surface area contributed by atoms with Crippen LogP contribution < -0.4 is 4.72 Å². The molecule has 3 aromatic rings.